The zero-order valence-electron chi connectivity index (χ0n) is 13.0. The Morgan fingerprint density at radius 1 is 1.15 bits per heavy atom. The molecule has 1 spiro atoms. The van der Waals surface area contributed by atoms with E-state index in [1.807, 2.05) is 0 Å². The van der Waals surface area contributed by atoms with Crippen molar-refractivity contribution in [3.8, 4) is 0 Å². The average molecular weight is 276 g/mol. The molecule has 0 aromatic carbocycles. The van der Waals surface area contributed by atoms with Gasteiger partial charge in [0.1, 0.15) is 0 Å². The molecule has 20 heavy (non-hydrogen) atoms. The third-order valence-electron chi connectivity index (χ3n) is 6.37. The van der Waals surface area contributed by atoms with Crippen molar-refractivity contribution in [3.05, 3.63) is 24.3 Å². The van der Waals surface area contributed by atoms with Gasteiger partial charge in [-0.05, 0) is 48.9 Å². The molecule has 3 aliphatic carbocycles. The van der Waals surface area contributed by atoms with Crippen LogP contribution >= 0.6 is 0 Å². The lowest BCUT2D eigenvalue weighted by molar-refractivity contribution is -0.0770. The molecule has 0 heterocycles. The van der Waals surface area contributed by atoms with Gasteiger partial charge in [-0.1, -0.05) is 45.1 Å². The lowest BCUT2D eigenvalue weighted by atomic mass is 9.58. The molecule has 2 nitrogen and oxygen atoms in total. The van der Waals surface area contributed by atoms with Crippen molar-refractivity contribution >= 4 is 0 Å². The van der Waals surface area contributed by atoms with Crippen LogP contribution in [0.4, 0.5) is 0 Å². The Morgan fingerprint density at radius 3 is 2.60 bits per heavy atom. The Kier molecular flexibility index (Phi) is 3.02. The number of allylic oxidation sites excluding steroid dienone is 2. The van der Waals surface area contributed by atoms with Gasteiger partial charge in [0.2, 0.25) is 0 Å². The molecule has 3 rings (SSSR count). The molecule has 2 N–H and O–H groups in total. The first-order valence-electron chi connectivity index (χ1n) is 8.02. The molecule has 0 saturated heterocycles. The molecule has 0 aromatic rings. The summed E-state index contributed by atoms with van der Waals surface area (Å²) in [6.45, 7) is 7.27. The Hall–Kier alpha value is -0.600. The Balaban J connectivity index is 2.00. The molecular weight excluding hydrogens is 248 g/mol. The summed E-state index contributed by atoms with van der Waals surface area (Å²) >= 11 is 0. The fourth-order valence-electron chi connectivity index (χ4n) is 5.84. The second kappa shape index (κ2) is 4.20. The second-order valence-electron chi connectivity index (χ2n) is 8.14. The van der Waals surface area contributed by atoms with E-state index in [0.29, 0.717) is 5.92 Å². The highest BCUT2D eigenvalue weighted by molar-refractivity contribution is 5.40. The van der Waals surface area contributed by atoms with E-state index in [1.165, 1.54) is 6.42 Å². The van der Waals surface area contributed by atoms with E-state index in [4.69, 9.17) is 5.11 Å². The minimum Gasteiger partial charge on any atom is -0.396 e. The SMILES string of the molecule is CC1(C)C[C@@]2(C)CC=CC23C1C=C[C@]3(O)CCCCO. The molecule has 112 valence electrons. The van der Waals surface area contributed by atoms with Crippen molar-refractivity contribution < 1.29 is 10.2 Å². The van der Waals surface area contributed by atoms with Crippen LogP contribution in [-0.2, 0) is 0 Å². The largest absolute Gasteiger partial charge is 0.396 e. The fraction of sp³-hybridized carbons (Fsp3) is 0.778. The first kappa shape index (κ1) is 14.3. The highest BCUT2D eigenvalue weighted by Crippen LogP contribution is 2.75. The minimum atomic E-state index is -0.734. The Morgan fingerprint density at radius 2 is 1.90 bits per heavy atom. The van der Waals surface area contributed by atoms with Gasteiger partial charge in [0.25, 0.3) is 0 Å². The van der Waals surface area contributed by atoms with E-state index >= 15 is 0 Å². The predicted octanol–water partition coefficient (Wildman–Crippen LogP) is 3.45. The second-order valence-corrected chi connectivity index (χ2v) is 8.14. The number of hydrogen-bond acceptors (Lipinski definition) is 2. The first-order valence-corrected chi connectivity index (χ1v) is 8.02. The molecule has 1 saturated carbocycles. The highest BCUT2D eigenvalue weighted by Gasteiger charge is 2.72. The van der Waals surface area contributed by atoms with Crippen LogP contribution in [0.15, 0.2) is 24.3 Å². The summed E-state index contributed by atoms with van der Waals surface area (Å²) in [5.74, 6) is 0.429. The van der Waals surface area contributed by atoms with Crippen LogP contribution in [0.1, 0.15) is 52.9 Å². The van der Waals surface area contributed by atoms with E-state index in [2.05, 4.69) is 45.1 Å². The topological polar surface area (TPSA) is 40.5 Å². The lowest BCUT2D eigenvalue weighted by Crippen LogP contribution is -2.51. The molecule has 0 aromatic heterocycles. The van der Waals surface area contributed by atoms with Crippen LogP contribution in [0.5, 0.6) is 0 Å². The van der Waals surface area contributed by atoms with Crippen LogP contribution < -0.4 is 0 Å². The van der Waals surface area contributed by atoms with Crippen LogP contribution in [0.25, 0.3) is 0 Å². The normalized spacial score (nSPS) is 47.8. The maximum absolute atomic E-state index is 11.4. The van der Waals surface area contributed by atoms with Gasteiger partial charge in [-0.3, -0.25) is 0 Å². The van der Waals surface area contributed by atoms with Gasteiger partial charge >= 0.3 is 0 Å². The smallest absolute Gasteiger partial charge is 0.0929 e. The lowest BCUT2D eigenvalue weighted by Gasteiger charge is -2.48. The quantitative estimate of drug-likeness (QED) is 0.610. The van der Waals surface area contributed by atoms with Crippen molar-refractivity contribution in [2.75, 3.05) is 6.61 Å². The molecule has 2 unspecified atom stereocenters. The number of rotatable bonds is 4. The van der Waals surface area contributed by atoms with Gasteiger partial charge < -0.3 is 10.2 Å². The molecular formula is C18H28O2. The zero-order valence-corrected chi connectivity index (χ0v) is 13.0. The van der Waals surface area contributed by atoms with Crippen molar-refractivity contribution in [1.82, 2.24) is 0 Å². The zero-order chi connectivity index (χ0) is 14.6. The molecule has 0 radical (unpaired) electrons. The fourth-order valence-corrected chi connectivity index (χ4v) is 5.84. The monoisotopic (exact) mass is 276 g/mol. The van der Waals surface area contributed by atoms with E-state index in [0.717, 1.165) is 25.7 Å². The summed E-state index contributed by atoms with van der Waals surface area (Å²) in [6.07, 6.45) is 13.6. The summed E-state index contributed by atoms with van der Waals surface area (Å²) in [5, 5.41) is 20.4. The van der Waals surface area contributed by atoms with Crippen molar-refractivity contribution in [2.24, 2.45) is 22.2 Å². The molecule has 0 bridgehead atoms. The standard InChI is InChI=1S/C18H28O2/c1-15(2)13-16(3)8-6-10-18(16)14(15)7-11-17(18,20)9-4-5-12-19/h6-7,10-11,14,19-20H,4-5,8-9,12-13H2,1-3H3/t14?,16-,17-,18?/m1/s1. The molecule has 1 fully saturated rings. The summed E-state index contributed by atoms with van der Waals surface area (Å²) in [6, 6.07) is 0. The van der Waals surface area contributed by atoms with E-state index in [-0.39, 0.29) is 22.9 Å². The van der Waals surface area contributed by atoms with Crippen LogP contribution in [-0.4, -0.2) is 22.4 Å². The summed E-state index contributed by atoms with van der Waals surface area (Å²) < 4.78 is 0. The highest BCUT2D eigenvalue weighted by atomic mass is 16.3. The molecule has 4 atom stereocenters. The maximum atomic E-state index is 11.4. The van der Waals surface area contributed by atoms with Gasteiger partial charge in [-0.15, -0.1) is 0 Å². The molecule has 2 heteroatoms. The number of aliphatic hydroxyl groups excluding tert-OH is 1. The van der Waals surface area contributed by atoms with Crippen molar-refractivity contribution in [1.29, 1.82) is 0 Å². The van der Waals surface area contributed by atoms with Crippen molar-refractivity contribution in [3.63, 3.8) is 0 Å². The van der Waals surface area contributed by atoms with E-state index in [1.54, 1.807) is 0 Å². The van der Waals surface area contributed by atoms with Crippen LogP contribution in [0.3, 0.4) is 0 Å². The molecule has 0 aliphatic heterocycles. The summed E-state index contributed by atoms with van der Waals surface area (Å²) in [4.78, 5) is 0. The average Bonchev–Trinajstić information content (AvgIpc) is 2.86. The van der Waals surface area contributed by atoms with Gasteiger partial charge in [-0.25, -0.2) is 0 Å². The van der Waals surface area contributed by atoms with Gasteiger partial charge in [-0.2, -0.15) is 0 Å². The number of aliphatic hydroxyl groups is 2. The van der Waals surface area contributed by atoms with E-state index in [9.17, 15) is 5.11 Å². The van der Waals surface area contributed by atoms with Crippen LogP contribution in [0.2, 0.25) is 0 Å². The summed E-state index contributed by atoms with van der Waals surface area (Å²) in [5.41, 5.74) is -0.447. The molecule has 3 aliphatic rings. The minimum absolute atomic E-state index is 0.126. The third-order valence-corrected chi connectivity index (χ3v) is 6.37. The Bertz CT molecular complexity index is 464. The van der Waals surface area contributed by atoms with Gasteiger partial charge in [0.15, 0.2) is 0 Å². The number of hydrogen-bond donors (Lipinski definition) is 2. The first-order chi connectivity index (χ1) is 9.31. The molecule has 0 amide bonds. The van der Waals surface area contributed by atoms with Gasteiger partial charge in [0, 0.05) is 12.0 Å². The number of unbranched alkanes of at least 4 members (excludes halogenated alkanes) is 1. The summed E-state index contributed by atoms with van der Waals surface area (Å²) in [7, 11) is 0. The van der Waals surface area contributed by atoms with Crippen molar-refractivity contribution in [2.45, 2.75) is 58.5 Å². The Labute approximate surface area is 122 Å². The van der Waals surface area contributed by atoms with Gasteiger partial charge in [0.05, 0.1) is 5.60 Å². The predicted molar refractivity (Wildman–Crippen MR) is 81.2 cm³/mol. The van der Waals surface area contributed by atoms with E-state index < -0.39 is 5.60 Å². The maximum Gasteiger partial charge on any atom is 0.0929 e. The third kappa shape index (κ3) is 1.52. The van der Waals surface area contributed by atoms with Crippen LogP contribution in [0, 0.1) is 22.2 Å².